The normalized spacial score (nSPS) is 12.4. The first kappa shape index (κ1) is 19.9. The Morgan fingerprint density at radius 3 is 2.31 bits per heavy atom. The summed E-state index contributed by atoms with van der Waals surface area (Å²) in [6.07, 6.45) is 0. The van der Waals surface area contributed by atoms with Crippen LogP contribution in [0.4, 0.5) is 0 Å². The minimum Gasteiger partial charge on any atom is -0.494 e. The molecular weight excluding hydrogens is 352 g/mol. The molecule has 2 rings (SSSR count). The number of sulfonamides is 1. The zero-order chi connectivity index (χ0) is 19.2. The summed E-state index contributed by atoms with van der Waals surface area (Å²) in [4.78, 5) is 14.1. The maximum absolute atomic E-state index is 12.5. The highest BCUT2D eigenvalue weighted by Gasteiger charge is 2.24. The van der Waals surface area contributed by atoms with Gasteiger partial charge < -0.3 is 9.64 Å². The van der Waals surface area contributed by atoms with Gasteiger partial charge in [0.2, 0.25) is 15.9 Å². The van der Waals surface area contributed by atoms with Gasteiger partial charge in [-0.2, -0.15) is 4.72 Å². The SMILES string of the molecule is CCOc1ccc(CN(C)C(=O)C(C)NS(=O)(=O)c2ccccc2)cc1. The number of carbonyl (C=O) groups excluding carboxylic acids is 1. The van der Waals surface area contributed by atoms with Gasteiger partial charge in [-0.25, -0.2) is 8.42 Å². The van der Waals surface area contributed by atoms with Crippen LogP contribution in [0, 0.1) is 0 Å². The molecule has 0 spiro atoms. The van der Waals surface area contributed by atoms with Crippen molar-refractivity contribution in [2.24, 2.45) is 0 Å². The summed E-state index contributed by atoms with van der Waals surface area (Å²) in [5, 5.41) is 0. The number of amides is 1. The maximum atomic E-state index is 12.5. The molecule has 0 fully saturated rings. The fraction of sp³-hybridized carbons (Fsp3) is 0.316. The topological polar surface area (TPSA) is 75.7 Å². The van der Waals surface area contributed by atoms with Gasteiger partial charge in [0.1, 0.15) is 5.75 Å². The van der Waals surface area contributed by atoms with E-state index < -0.39 is 16.1 Å². The van der Waals surface area contributed by atoms with Crippen molar-refractivity contribution in [3.63, 3.8) is 0 Å². The van der Waals surface area contributed by atoms with Crippen LogP contribution < -0.4 is 9.46 Å². The fourth-order valence-electron chi connectivity index (χ4n) is 2.49. The molecule has 0 saturated heterocycles. The molecule has 0 saturated carbocycles. The molecule has 0 radical (unpaired) electrons. The second-order valence-electron chi connectivity index (χ2n) is 5.93. The number of benzene rings is 2. The molecule has 2 aromatic rings. The molecule has 0 aliphatic rings. The first-order chi connectivity index (χ1) is 12.3. The highest BCUT2D eigenvalue weighted by atomic mass is 32.2. The Hall–Kier alpha value is -2.38. The summed E-state index contributed by atoms with van der Waals surface area (Å²) < 4.78 is 32.5. The lowest BCUT2D eigenvalue weighted by atomic mass is 10.2. The average Bonchev–Trinajstić information content (AvgIpc) is 2.63. The number of nitrogens with zero attached hydrogens (tertiary/aromatic N) is 1. The Labute approximate surface area is 154 Å². The summed E-state index contributed by atoms with van der Waals surface area (Å²) in [6, 6.07) is 14.6. The van der Waals surface area contributed by atoms with Gasteiger partial charge in [-0.05, 0) is 43.7 Å². The van der Waals surface area contributed by atoms with Crippen molar-refractivity contribution in [3.8, 4) is 5.75 Å². The van der Waals surface area contributed by atoms with Crippen molar-refractivity contribution in [3.05, 3.63) is 60.2 Å². The third kappa shape index (κ3) is 5.31. The largest absolute Gasteiger partial charge is 0.494 e. The first-order valence-corrected chi connectivity index (χ1v) is 9.86. The van der Waals surface area contributed by atoms with Crippen molar-refractivity contribution in [1.82, 2.24) is 9.62 Å². The quantitative estimate of drug-likeness (QED) is 0.768. The maximum Gasteiger partial charge on any atom is 0.241 e. The minimum atomic E-state index is -3.74. The Morgan fingerprint density at radius 2 is 1.73 bits per heavy atom. The summed E-state index contributed by atoms with van der Waals surface area (Å²) >= 11 is 0. The van der Waals surface area contributed by atoms with Crippen LogP contribution in [0.5, 0.6) is 5.75 Å². The fourth-order valence-corrected chi connectivity index (χ4v) is 3.71. The molecule has 1 atom stereocenters. The van der Waals surface area contributed by atoms with E-state index in [1.165, 1.54) is 24.0 Å². The first-order valence-electron chi connectivity index (χ1n) is 8.37. The number of likely N-dealkylation sites (N-methyl/N-ethyl adjacent to an activating group) is 1. The van der Waals surface area contributed by atoms with Crippen LogP contribution in [-0.2, 0) is 21.4 Å². The minimum absolute atomic E-state index is 0.133. The van der Waals surface area contributed by atoms with Gasteiger partial charge in [-0.1, -0.05) is 30.3 Å². The zero-order valence-electron chi connectivity index (χ0n) is 15.2. The molecule has 140 valence electrons. The highest BCUT2D eigenvalue weighted by Crippen LogP contribution is 2.14. The lowest BCUT2D eigenvalue weighted by Gasteiger charge is -2.22. The van der Waals surface area contributed by atoms with Crippen LogP contribution in [0.25, 0.3) is 0 Å². The Bertz CT molecular complexity index is 820. The standard InChI is InChI=1S/C19H24N2O4S/c1-4-25-17-12-10-16(11-13-17)14-21(3)19(22)15(2)20-26(23,24)18-8-6-5-7-9-18/h5-13,15,20H,4,14H2,1-3H3. The molecule has 0 aliphatic carbocycles. The molecular formula is C19H24N2O4S. The monoisotopic (exact) mass is 376 g/mol. The van der Waals surface area contributed by atoms with E-state index in [1.807, 2.05) is 31.2 Å². The predicted octanol–water partition coefficient (Wildman–Crippen LogP) is 2.41. The van der Waals surface area contributed by atoms with Gasteiger partial charge in [-0.15, -0.1) is 0 Å². The van der Waals surface area contributed by atoms with E-state index >= 15 is 0 Å². The van der Waals surface area contributed by atoms with E-state index in [-0.39, 0.29) is 10.8 Å². The van der Waals surface area contributed by atoms with Crippen LogP contribution in [-0.4, -0.2) is 38.9 Å². The van der Waals surface area contributed by atoms with E-state index in [2.05, 4.69) is 4.72 Å². The van der Waals surface area contributed by atoms with Crippen molar-refractivity contribution in [2.45, 2.75) is 31.3 Å². The van der Waals surface area contributed by atoms with E-state index in [9.17, 15) is 13.2 Å². The number of hydrogen-bond acceptors (Lipinski definition) is 4. The molecule has 7 heteroatoms. The van der Waals surface area contributed by atoms with Crippen LogP contribution >= 0.6 is 0 Å². The number of carbonyl (C=O) groups is 1. The van der Waals surface area contributed by atoms with Crippen molar-refractivity contribution >= 4 is 15.9 Å². The van der Waals surface area contributed by atoms with Crippen LogP contribution in [0.15, 0.2) is 59.5 Å². The Kier molecular flexibility index (Phi) is 6.76. The highest BCUT2D eigenvalue weighted by molar-refractivity contribution is 7.89. The average molecular weight is 376 g/mol. The van der Waals surface area contributed by atoms with Gasteiger partial charge in [0, 0.05) is 13.6 Å². The van der Waals surface area contributed by atoms with Crippen LogP contribution in [0.3, 0.4) is 0 Å². The zero-order valence-corrected chi connectivity index (χ0v) is 16.0. The molecule has 2 aromatic carbocycles. The molecule has 6 nitrogen and oxygen atoms in total. The van der Waals surface area contributed by atoms with Crippen LogP contribution in [0.2, 0.25) is 0 Å². The molecule has 1 N–H and O–H groups in total. The Balaban J connectivity index is 1.98. The Morgan fingerprint density at radius 1 is 1.12 bits per heavy atom. The summed E-state index contributed by atoms with van der Waals surface area (Å²) in [6.45, 7) is 4.43. The smallest absolute Gasteiger partial charge is 0.241 e. The van der Waals surface area contributed by atoms with E-state index in [4.69, 9.17) is 4.74 Å². The summed E-state index contributed by atoms with van der Waals surface area (Å²) in [5.41, 5.74) is 0.933. The number of hydrogen-bond donors (Lipinski definition) is 1. The number of ether oxygens (including phenoxy) is 1. The molecule has 1 unspecified atom stereocenters. The van der Waals surface area contributed by atoms with Crippen molar-refractivity contribution in [2.75, 3.05) is 13.7 Å². The second-order valence-corrected chi connectivity index (χ2v) is 7.64. The summed E-state index contributed by atoms with van der Waals surface area (Å²) in [7, 11) is -2.09. The van der Waals surface area contributed by atoms with Gasteiger partial charge in [0.05, 0.1) is 17.5 Å². The van der Waals surface area contributed by atoms with E-state index in [1.54, 1.807) is 25.2 Å². The lowest BCUT2D eigenvalue weighted by molar-refractivity contribution is -0.131. The molecule has 26 heavy (non-hydrogen) atoms. The third-order valence-electron chi connectivity index (χ3n) is 3.79. The second kappa shape index (κ2) is 8.82. The van der Waals surface area contributed by atoms with Crippen molar-refractivity contribution < 1.29 is 17.9 Å². The predicted molar refractivity (Wildman–Crippen MR) is 100 cm³/mol. The van der Waals surface area contributed by atoms with Crippen LogP contribution in [0.1, 0.15) is 19.4 Å². The molecule has 0 aromatic heterocycles. The molecule has 0 aliphatic heterocycles. The van der Waals surface area contributed by atoms with Gasteiger partial charge in [0.25, 0.3) is 0 Å². The molecule has 0 bridgehead atoms. The van der Waals surface area contributed by atoms with Gasteiger partial charge in [0.15, 0.2) is 0 Å². The van der Waals surface area contributed by atoms with E-state index in [0.717, 1.165) is 11.3 Å². The third-order valence-corrected chi connectivity index (χ3v) is 5.34. The van der Waals surface area contributed by atoms with E-state index in [0.29, 0.717) is 13.2 Å². The van der Waals surface area contributed by atoms with Gasteiger partial charge >= 0.3 is 0 Å². The molecule has 1 amide bonds. The lowest BCUT2D eigenvalue weighted by Crippen LogP contribution is -2.45. The van der Waals surface area contributed by atoms with Crippen molar-refractivity contribution in [1.29, 1.82) is 0 Å². The number of rotatable bonds is 8. The van der Waals surface area contributed by atoms with Gasteiger partial charge in [-0.3, -0.25) is 4.79 Å². The molecule has 0 heterocycles. The number of nitrogens with one attached hydrogen (secondary N) is 1. The summed E-state index contributed by atoms with van der Waals surface area (Å²) in [5.74, 6) is 0.465.